The van der Waals surface area contributed by atoms with Crippen molar-refractivity contribution in [2.45, 2.75) is 24.7 Å². The van der Waals surface area contributed by atoms with Gasteiger partial charge >= 0.3 is 5.97 Å². The zero-order valence-electron chi connectivity index (χ0n) is 14.8. The van der Waals surface area contributed by atoms with Crippen LogP contribution in [-0.4, -0.2) is 32.7 Å². The number of anilines is 1. The molecule has 0 unspecified atom stereocenters. The van der Waals surface area contributed by atoms with Gasteiger partial charge in [0.05, 0.1) is 17.1 Å². The van der Waals surface area contributed by atoms with E-state index < -0.39 is 46.3 Å². The molecule has 0 saturated carbocycles. The quantitative estimate of drug-likeness (QED) is 0.550. The summed E-state index contributed by atoms with van der Waals surface area (Å²) in [5, 5.41) is 2.58. The normalized spacial score (nSPS) is 11.0. The second-order valence-corrected chi connectivity index (χ2v) is 7.89. The summed E-state index contributed by atoms with van der Waals surface area (Å²) in [6.45, 7) is 1.51. The average molecular weight is 393 g/mol. The molecular formula is C19H20FNO5S. The highest BCUT2D eigenvalue weighted by Crippen LogP contribution is 2.13. The van der Waals surface area contributed by atoms with Crippen LogP contribution in [0.5, 0.6) is 0 Å². The van der Waals surface area contributed by atoms with Gasteiger partial charge in [-0.2, -0.15) is 0 Å². The third-order valence-corrected chi connectivity index (χ3v) is 5.49. The van der Waals surface area contributed by atoms with Gasteiger partial charge in [0.2, 0.25) is 0 Å². The van der Waals surface area contributed by atoms with Gasteiger partial charge in [0.15, 0.2) is 16.4 Å². The lowest BCUT2D eigenvalue weighted by Crippen LogP contribution is -2.22. The van der Waals surface area contributed by atoms with E-state index in [9.17, 15) is 22.4 Å². The van der Waals surface area contributed by atoms with Crippen LogP contribution in [0.3, 0.4) is 0 Å². The minimum absolute atomic E-state index is 0.0787. The molecule has 0 fully saturated rings. The van der Waals surface area contributed by atoms with Crippen molar-refractivity contribution in [2.24, 2.45) is 0 Å². The molecule has 0 bridgehead atoms. The molecule has 0 aliphatic rings. The van der Waals surface area contributed by atoms with Crippen LogP contribution in [-0.2, 0) is 30.6 Å². The Morgan fingerprint density at radius 1 is 1.04 bits per heavy atom. The first-order chi connectivity index (χ1) is 12.8. The SMILES string of the molecule is CCc1ccc(NC(=O)COC(=O)CCS(=O)(=O)c2ccc(F)cc2)cc1. The first-order valence-electron chi connectivity index (χ1n) is 8.33. The lowest BCUT2D eigenvalue weighted by molar-refractivity contribution is -0.146. The minimum Gasteiger partial charge on any atom is -0.456 e. The van der Waals surface area contributed by atoms with E-state index in [1.165, 1.54) is 0 Å². The number of rotatable bonds is 8. The molecule has 0 saturated heterocycles. The molecule has 8 heteroatoms. The van der Waals surface area contributed by atoms with Crippen molar-refractivity contribution in [2.75, 3.05) is 17.7 Å². The van der Waals surface area contributed by atoms with Gasteiger partial charge in [0.1, 0.15) is 5.82 Å². The Hall–Kier alpha value is -2.74. The van der Waals surface area contributed by atoms with E-state index >= 15 is 0 Å². The molecule has 144 valence electrons. The molecule has 27 heavy (non-hydrogen) atoms. The standard InChI is InChI=1S/C19H20FNO5S/c1-2-14-3-7-16(8-4-14)21-18(22)13-26-19(23)11-12-27(24,25)17-9-5-15(20)6-10-17/h3-10H,2,11-13H2,1H3,(H,21,22). The Kier molecular flexibility index (Phi) is 7.06. The Morgan fingerprint density at radius 2 is 1.67 bits per heavy atom. The zero-order valence-corrected chi connectivity index (χ0v) is 15.6. The van der Waals surface area contributed by atoms with Crippen LogP contribution in [0.4, 0.5) is 10.1 Å². The number of halogens is 1. The summed E-state index contributed by atoms with van der Waals surface area (Å²) in [7, 11) is -3.73. The van der Waals surface area contributed by atoms with E-state index in [1.807, 2.05) is 19.1 Å². The summed E-state index contributed by atoms with van der Waals surface area (Å²) in [6.07, 6.45) is 0.477. The lowest BCUT2D eigenvalue weighted by Gasteiger charge is -2.08. The Bertz CT molecular complexity index is 893. The van der Waals surface area contributed by atoms with Crippen molar-refractivity contribution >= 4 is 27.4 Å². The van der Waals surface area contributed by atoms with E-state index in [4.69, 9.17) is 4.74 Å². The topological polar surface area (TPSA) is 89.5 Å². The number of amides is 1. The maximum atomic E-state index is 12.9. The van der Waals surface area contributed by atoms with Gasteiger partial charge in [-0.1, -0.05) is 19.1 Å². The van der Waals surface area contributed by atoms with Crippen molar-refractivity contribution in [3.8, 4) is 0 Å². The van der Waals surface area contributed by atoms with Gasteiger partial charge < -0.3 is 10.1 Å². The van der Waals surface area contributed by atoms with Crippen LogP contribution >= 0.6 is 0 Å². The molecule has 0 atom stereocenters. The Balaban J connectivity index is 1.78. The van der Waals surface area contributed by atoms with E-state index in [1.54, 1.807) is 12.1 Å². The summed E-state index contributed by atoms with van der Waals surface area (Å²) < 4.78 is 41.8. The molecule has 0 radical (unpaired) electrons. The van der Waals surface area contributed by atoms with E-state index in [2.05, 4.69) is 5.32 Å². The summed E-state index contributed by atoms with van der Waals surface area (Å²) >= 11 is 0. The third-order valence-electron chi connectivity index (χ3n) is 3.76. The molecule has 2 aromatic rings. The number of ether oxygens (including phenoxy) is 1. The summed E-state index contributed by atoms with van der Waals surface area (Å²) in [5.41, 5.74) is 1.70. The van der Waals surface area contributed by atoms with Crippen molar-refractivity contribution in [1.82, 2.24) is 0 Å². The van der Waals surface area contributed by atoms with Gasteiger partial charge in [0.25, 0.3) is 5.91 Å². The average Bonchev–Trinajstić information content (AvgIpc) is 2.66. The zero-order chi connectivity index (χ0) is 19.9. The number of hydrogen-bond donors (Lipinski definition) is 1. The lowest BCUT2D eigenvalue weighted by atomic mass is 10.1. The second kappa shape index (κ2) is 9.27. The fraction of sp³-hybridized carbons (Fsp3) is 0.263. The van der Waals surface area contributed by atoms with E-state index in [0.29, 0.717) is 5.69 Å². The molecular weight excluding hydrogens is 373 g/mol. The minimum atomic E-state index is -3.73. The van der Waals surface area contributed by atoms with Crippen LogP contribution in [0, 0.1) is 5.82 Å². The molecule has 0 spiro atoms. The van der Waals surface area contributed by atoms with Crippen molar-refractivity contribution in [1.29, 1.82) is 0 Å². The monoisotopic (exact) mass is 393 g/mol. The molecule has 1 amide bonds. The number of carbonyl (C=O) groups excluding carboxylic acids is 2. The highest BCUT2D eigenvalue weighted by atomic mass is 32.2. The summed E-state index contributed by atoms with van der Waals surface area (Å²) in [4.78, 5) is 23.4. The Labute approximate surface area is 157 Å². The number of carbonyl (C=O) groups is 2. The predicted molar refractivity (Wildman–Crippen MR) is 98.5 cm³/mol. The predicted octanol–water partition coefficient (Wildman–Crippen LogP) is 2.73. The number of benzene rings is 2. The highest BCUT2D eigenvalue weighted by Gasteiger charge is 2.18. The van der Waals surface area contributed by atoms with Crippen LogP contribution in [0.15, 0.2) is 53.4 Å². The van der Waals surface area contributed by atoms with Crippen molar-refractivity contribution in [3.63, 3.8) is 0 Å². The van der Waals surface area contributed by atoms with E-state index in [0.717, 1.165) is 36.2 Å². The van der Waals surface area contributed by atoms with Crippen LogP contribution in [0.1, 0.15) is 18.9 Å². The largest absolute Gasteiger partial charge is 0.456 e. The van der Waals surface area contributed by atoms with Crippen LogP contribution in [0.2, 0.25) is 0 Å². The van der Waals surface area contributed by atoms with Crippen molar-refractivity contribution in [3.05, 3.63) is 59.9 Å². The smallest absolute Gasteiger partial charge is 0.307 e. The van der Waals surface area contributed by atoms with Crippen molar-refractivity contribution < 1.29 is 27.1 Å². The first-order valence-corrected chi connectivity index (χ1v) is 9.98. The van der Waals surface area contributed by atoms with Gasteiger partial charge in [-0.15, -0.1) is 0 Å². The number of nitrogens with one attached hydrogen (secondary N) is 1. The number of aryl methyl sites for hydroxylation is 1. The molecule has 0 aliphatic carbocycles. The molecule has 0 aromatic heterocycles. The number of sulfone groups is 1. The highest BCUT2D eigenvalue weighted by molar-refractivity contribution is 7.91. The molecule has 2 rings (SSSR count). The Morgan fingerprint density at radius 3 is 2.26 bits per heavy atom. The van der Waals surface area contributed by atoms with Gasteiger partial charge in [0, 0.05) is 5.69 Å². The molecule has 6 nitrogen and oxygen atoms in total. The number of esters is 1. The fourth-order valence-electron chi connectivity index (χ4n) is 2.22. The van der Waals surface area contributed by atoms with Crippen LogP contribution in [0.25, 0.3) is 0 Å². The number of hydrogen-bond acceptors (Lipinski definition) is 5. The molecule has 2 aromatic carbocycles. The van der Waals surface area contributed by atoms with Gasteiger partial charge in [-0.05, 0) is 48.4 Å². The summed E-state index contributed by atoms with van der Waals surface area (Å²) in [5.74, 6) is -2.37. The van der Waals surface area contributed by atoms with Gasteiger partial charge in [-0.25, -0.2) is 12.8 Å². The third kappa shape index (κ3) is 6.49. The van der Waals surface area contributed by atoms with Crippen LogP contribution < -0.4 is 5.32 Å². The molecule has 1 N–H and O–H groups in total. The summed E-state index contributed by atoms with van der Waals surface area (Å²) in [6, 6.07) is 11.6. The van der Waals surface area contributed by atoms with Gasteiger partial charge in [-0.3, -0.25) is 9.59 Å². The first kappa shape index (κ1) is 20.6. The second-order valence-electron chi connectivity index (χ2n) is 5.78. The molecule has 0 heterocycles. The van der Waals surface area contributed by atoms with E-state index in [-0.39, 0.29) is 4.90 Å². The maximum absolute atomic E-state index is 12.9. The fourth-order valence-corrected chi connectivity index (χ4v) is 3.44. The molecule has 0 aliphatic heterocycles. The maximum Gasteiger partial charge on any atom is 0.307 e.